The molecule has 0 radical (unpaired) electrons. The van der Waals surface area contributed by atoms with Crippen LogP contribution in [0.5, 0.6) is 0 Å². The fourth-order valence-corrected chi connectivity index (χ4v) is 1.36. The number of aromatic nitrogens is 1. The van der Waals surface area contributed by atoms with Crippen molar-refractivity contribution in [2.75, 3.05) is 6.61 Å². The minimum atomic E-state index is -0.138. The van der Waals surface area contributed by atoms with Crippen molar-refractivity contribution in [2.45, 2.75) is 25.8 Å². The van der Waals surface area contributed by atoms with Gasteiger partial charge in [0.05, 0.1) is 5.69 Å². The van der Waals surface area contributed by atoms with Crippen molar-refractivity contribution in [1.29, 1.82) is 0 Å². The summed E-state index contributed by atoms with van der Waals surface area (Å²) in [6.45, 7) is 2.19. The van der Waals surface area contributed by atoms with E-state index in [1.165, 1.54) is 5.56 Å². The van der Waals surface area contributed by atoms with Crippen molar-refractivity contribution in [3.05, 3.63) is 29.6 Å². The van der Waals surface area contributed by atoms with Gasteiger partial charge in [-0.2, -0.15) is 0 Å². The van der Waals surface area contributed by atoms with Crippen molar-refractivity contribution in [3.8, 4) is 0 Å². The highest BCUT2D eigenvalue weighted by Crippen LogP contribution is 2.15. The van der Waals surface area contributed by atoms with Crippen LogP contribution < -0.4 is 5.73 Å². The summed E-state index contributed by atoms with van der Waals surface area (Å²) in [7, 11) is 0. The largest absolute Gasteiger partial charge is 0.396 e. The Labute approximate surface area is 78.6 Å². The van der Waals surface area contributed by atoms with Gasteiger partial charge >= 0.3 is 0 Å². The first-order valence-corrected chi connectivity index (χ1v) is 4.59. The lowest BCUT2D eigenvalue weighted by Crippen LogP contribution is -2.15. The first kappa shape index (κ1) is 10.2. The molecule has 1 unspecified atom stereocenters. The van der Waals surface area contributed by atoms with Crippen molar-refractivity contribution >= 4 is 0 Å². The van der Waals surface area contributed by atoms with Gasteiger partial charge in [-0.05, 0) is 24.5 Å². The second-order valence-electron chi connectivity index (χ2n) is 3.02. The first-order chi connectivity index (χ1) is 6.29. The van der Waals surface area contributed by atoms with Gasteiger partial charge in [-0.3, -0.25) is 4.98 Å². The van der Waals surface area contributed by atoms with Crippen LogP contribution in [0, 0.1) is 0 Å². The van der Waals surface area contributed by atoms with Gasteiger partial charge in [0, 0.05) is 18.8 Å². The number of nitrogens with zero attached hydrogens (tertiary/aromatic N) is 1. The molecule has 1 rings (SSSR count). The Balaban J connectivity index is 2.85. The van der Waals surface area contributed by atoms with E-state index in [9.17, 15) is 0 Å². The molecule has 1 atom stereocenters. The average molecular weight is 180 g/mol. The average Bonchev–Trinajstić information content (AvgIpc) is 2.18. The van der Waals surface area contributed by atoms with E-state index in [1.807, 2.05) is 12.1 Å². The van der Waals surface area contributed by atoms with E-state index in [0.29, 0.717) is 6.42 Å². The van der Waals surface area contributed by atoms with Gasteiger partial charge in [-0.15, -0.1) is 0 Å². The molecule has 3 nitrogen and oxygen atoms in total. The van der Waals surface area contributed by atoms with Crippen LogP contribution in [0.25, 0.3) is 0 Å². The van der Waals surface area contributed by atoms with E-state index in [0.717, 1.165) is 12.1 Å². The van der Waals surface area contributed by atoms with Crippen LogP contribution in [0.1, 0.15) is 30.6 Å². The smallest absolute Gasteiger partial charge is 0.0603 e. The molecule has 72 valence electrons. The highest BCUT2D eigenvalue weighted by Gasteiger charge is 2.09. The number of aryl methyl sites for hydroxylation is 1. The summed E-state index contributed by atoms with van der Waals surface area (Å²) in [4.78, 5) is 4.23. The number of hydrogen-bond donors (Lipinski definition) is 2. The van der Waals surface area contributed by atoms with Crippen molar-refractivity contribution in [3.63, 3.8) is 0 Å². The zero-order chi connectivity index (χ0) is 9.68. The molecule has 0 spiro atoms. The van der Waals surface area contributed by atoms with E-state index in [-0.39, 0.29) is 12.6 Å². The molecule has 0 amide bonds. The van der Waals surface area contributed by atoms with E-state index in [1.54, 1.807) is 6.20 Å². The Bertz CT molecular complexity index is 263. The zero-order valence-electron chi connectivity index (χ0n) is 7.90. The van der Waals surface area contributed by atoms with Gasteiger partial charge < -0.3 is 10.8 Å². The van der Waals surface area contributed by atoms with Crippen molar-refractivity contribution in [2.24, 2.45) is 5.73 Å². The van der Waals surface area contributed by atoms with Crippen molar-refractivity contribution in [1.82, 2.24) is 4.98 Å². The van der Waals surface area contributed by atoms with Gasteiger partial charge in [-0.1, -0.05) is 13.0 Å². The van der Waals surface area contributed by atoms with Crippen molar-refractivity contribution < 1.29 is 5.11 Å². The number of aliphatic hydroxyl groups excluding tert-OH is 1. The molecule has 0 bridgehead atoms. The van der Waals surface area contributed by atoms with E-state index in [2.05, 4.69) is 11.9 Å². The molecule has 13 heavy (non-hydrogen) atoms. The molecule has 0 aliphatic carbocycles. The normalized spacial score (nSPS) is 12.8. The second-order valence-corrected chi connectivity index (χ2v) is 3.02. The molecule has 0 fully saturated rings. The minimum absolute atomic E-state index is 0.112. The third-order valence-corrected chi connectivity index (χ3v) is 2.10. The Hall–Kier alpha value is -0.930. The zero-order valence-corrected chi connectivity index (χ0v) is 7.90. The van der Waals surface area contributed by atoms with Crippen LogP contribution in [-0.2, 0) is 6.42 Å². The standard InChI is InChI=1S/C10H16N2O/c1-2-8-4-3-6-12-10(8)9(11)5-7-13/h3-4,6,9,13H,2,5,7,11H2,1H3. The summed E-state index contributed by atoms with van der Waals surface area (Å²) in [5.74, 6) is 0. The minimum Gasteiger partial charge on any atom is -0.396 e. The van der Waals surface area contributed by atoms with Crippen LogP contribution in [0.15, 0.2) is 18.3 Å². The molecule has 0 saturated carbocycles. The fraction of sp³-hybridized carbons (Fsp3) is 0.500. The quantitative estimate of drug-likeness (QED) is 0.727. The monoisotopic (exact) mass is 180 g/mol. The molecule has 0 saturated heterocycles. The summed E-state index contributed by atoms with van der Waals surface area (Å²) < 4.78 is 0. The predicted octanol–water partition coefficient (Wildman–Crippen LogP) is 1.03. The van der Waals surface area contributed by atoms with Crippen LogP contribution in [0.2, 0.25) is 0 Å². The molecule has 0 aliphatic heterocycles. The molecular weight excluding hydrogens is 164 g/mol. The molecule has 1 aromatic rings. The van der Waals surface area contributed by atoms with Crippen LogP contribution in [-0.4, -0.2) is 16.7 Å². The molecular formula is C10H16N2O. The van der Waals surface area contributed by atoms with Gasteiger partial charge in [0.15, 0.2) is 0 Å². The Morgan fingerprint density at radius 3 is 3.00 bits per heavy atom. The summed E-state index contributed by atoms with van der Waals surface area (Å²) in [6.07, 6.45) is 3.25. The van der Waals surface area contributed by atoms with Crippen LogP contribution in [0.3, 0.4) is 0 Å². The molecule has 3 N–H and O–H groups in total. The maximum absolute atomic E-state index is 8.75. The molecule has 0 aromatic carbocycles. The molecule has 1 heterocycles. The third-order valence-electron chi connectivity index (χ3n) is 2.10. The maximum atomic E-state index is 8.75. The lowest BCUT2D eigenvalue weighted by molar-refractivity contribution is 0.275. The Morgan fingerprint density at radius 2 is 2.38 bits per heavy atom. The van der Waals surface area contributed by atoms with E-state index in [4.69, 9.17) is 10.8 Å². The third kappa shape index (κ3) is 2.50. The van der Waals surface area contributed by atoms with Crippen LogP contribution in [0.4, 0.5) is 0 Å². The first-order valence-electron chi connectivity index (χ1n) is 4.59. The maximum Gasteiger partial charge on any atom is 0.0603 e. The van der Waals surface area contributed by atoms with E-state index >= 15 is 0 Å². The Kier molecular flexibility index (Phi) is 3.86. The predicted molar refractivity (Wildman–Crippen MR) is 52.2 cm³/mol. The summed E-state index contributed by atoms with van der Waals surface area (Å²) in [6, 6.07) is 3.80. The number of pyridine rings is 1. The fourth-order valence-electron chi connectivity index (χ4n) is 1.36. The molecule has 3 heteroatoms. The summed E-state index contributed by atoms with van der Waals surface area (Å²) >= 11 is 0. The Morgan fingerprint density at radius 1 is 1.62 bits per heavy atom. The molecule has 1 aromatic heterocycles. The van der Waals surface area contributed by atoms with Crippen LogP contribution >= 0.6 is 0 Å². The lowest BCUT2D eigenvalue weighted by atomic mass is 10.0. The number of hydrogen-bond acceptors (Lipinski definition) is 3. The number of rotatable bonds is 4. The second kappa shape index (κ2) is 4.94. The van der Waals surface area contributed by atoms with Gasteiger partial charge in [0.2, 0.25) is 0 Å². The van der Waals surface area contributed by atoms with Gasteiger partial charge in [0.25, 0.3) is 0 Å². The highest BCUT2D eigenvalue weighted by atomic mass is 16.3. The topological polar surface area (TPSA) is 59.1 Å². The lowest BCUT2D eigenvalue weighted by Gasteiger charge is -2.12. The number of aliphatic hydroxyl groups is 1. The SMILES string of the molecule is CCc1cccnc1C(N)CCO. The van der Waals surface area contributed by atoms with Gasteiger partial charge in [-0.25, -0.2) is 0 Å². The van der Waals surface area contributed by atoms with Gasteiger partial charge in [0.1, 0.15) is 0 Å². The summed E-state index contributed by atoms with van der Waals surface area (Å²) in [5.41, 5.74) is 7.95. The summed E-state index contributed by atoms with van der Waals surface area (Å²) in [5, 5.41) is 8.75. The van der Waals surface area contributed by atoms with E-state index < -0.39 is 0 Å². The molecule has 0 aliphatic rings. The number of nitrogens with two attached hydrogens (primary N) is 1. The highest BCUT2D eigenvalue weighted by molar-refractivity contribution is 5.22.